The number of nitrogens with two attached hydrogens (primary N) is 1. The molecule has 1 fully saturated rings. The smallest absolute Gasteiger partial charge is 0.209 e. The van der Waals surface area contributed by atoms with E-state index in [0.717, 1.165) is 12.5 Å². The molecule has 0 spiro atoms. The first kappa shape index (κ1) is 15.9. The minimum absolute atomic E-state index is 0.0807. The van der Waals surface area contributed by atoms with Gasteiger partial charge in [0.05, 0.1) is 5.75 Å². The van der Waals surface area contributed by atoms with Gasteiger partial charge in [-0.05, 0) is 50.0 Å². The van der Waals surface area contributed by atoms with E-state index in [9.17, 15) is 8.42 Å². The van der Waals surface area contributed by atoms with Crippen molar-refractivity contribution in [2.45, 2.75) is 58.9 Å². The van der Waals surface area contributed by atoms with Crippen LogP contribution in [0.2, 0.25) is 0 Å². The normalized spacial score (nSPS) is 26.2. The first-order valence-electron chi connectivity index (χ1n) is 6.92. The van der Waals surface area contributed by atoms with Crippen LogP contribution in [-0.2, 0) is 10.0 Å². The summed E-state index contributed by atoms with van der Waals surface area (Å²) in [6.45, 7) is 7.70. The van der Waals surface area contributed by atoms with E-state index in [4.69, 9.17) is 5.14 Å². The third kappa shape index (κ3) is 6.16. The third-order valence-electron chi connectivity index (χ3n) is 3.99. The van der Waals surface area contributed by atoms with E-state index in [1.807, 2.05) is 0 Å². The van der Waals surface area contributed by atoms with E-state index in [0.29, 0.717) is 17.9 Å². The second-order valence-electron chi connectivity index (χ2n) is 6.59. The predicted molar refractivity (Wildman–Crippen MR) is 75.8 cm³/mol. The van der Waals surface area contributed by atoms with E-state index >= 15 is 0 Å². The van der Waals surface area contributed by atoms with Crippen molar-refractivity contribution in [2.24, 2.45) is 16.5 Å². The summed E-state index contributed by atoms with van der Waals surface area (Å²) in [5, 5.41) is 8.41. The fourth-order valence-electron chi connectivity index (χ4n) is 2.74. The lowest BCUT2D eigenvalue weighted by Crippen LogP contribution is -2.37. The average molecular weight is 276 g/mol. The van der Waals surface area contributed by atoms with Gasteiger partial charge >= 0.3 is 0 Å². The van der Waals surface area contributed by atoms with E-state index in [1.165, 1.54) is 25.7 Å². The van der Waals surface area contributed by atoms with Crippen LogP contribution in [-0.4, -0.2) is 26.8 Å². The second-order valence-corrected chi connectivity index (χ2v) is 8.32. The average Bonchev–Trinajstić information content (AvgIpc) is 2.22. The van der Waals surface area contributed by atoms with Gasteiger partial charge in [-0.25, -0.2) is 13.6 Å². The minimum atomic E-state index is -3.30. The summed E-state index contributed by atoms with van der Waals surface area (Å²) in [6, 6.07) is 0.559. The van der Waals surface area contributed by atoms with Gasteiger partial charge in [0, 0.05) is 6.04 Å². The molecule has 108 valence electrons. The molecule has 1 rings (SSSR count). The Bertz CT molecular complexity index is 338. The van der Waals surface area contributed by atoms with Crippen LogP contribution >= 0.6 is 0 Å². The van der Waals surface area contributed by atoms with Crippen LogP contribution in [0.4, 0.5) is 0 Å². The molecule has 1 saturated carbocycles. The van der Waals surface area contributed by atoms with Crippen LogP contribution in [0, 0.1) is 11.3 Å². The second kappa shape index (κ2) is 6.35. The van der Waals surface area contributed by atoms with Gasteiger partial charge < -0.3 is 5.32 Å². The summed E-state index contributed by atoms with van der Waals surface area (Å²) in [7, 11) is -3.30. The van der Waals surface area contributed by atoms with E-state index in [-0.39, 0.29) is 5.75 Å². The monoisotopic (exact) mass is 276 g/mol. The number of sulfonamides is 1. The lowest BCUT2D eigenvalue weighted by molar-refractivity contribution is 0.160. The first-order chi connectivity index (χ1) is 8.18. The minimum Gasteiger partial charge on any atom is -0.314 e. The van der Waals surface area contributed by atoms with Gasteiger partial charge in [-0.2, -0.15) is 0 Å². The number of hydrogen-bond acceptors (Lipinski definition) is 3. The van der Waals surface area contributed by atoms with E-state index in [2.05, 4.69) is 26.1 Å². The van der Waals surface area contributed by atoms with Crippen molar-refractivity contribution in [1.82, 2.24) is 5.32 Å². The Kier molecular flexibility index (Phi) is 5.62. The molecule has 0 atom stereocenters. The fraction of sp³-hybridized carbons (Fsp3) is 1.00. The van der Waals surface area contributed by atoms with Crippen LogP contribution in [0.15, 0.2) is 0 Å². The summed E-state index contributed by atoms with van der Waals surface area (Å²) < 4.78 is 21.6. The molecule has 0 heterocycles. The molecule has 0 radical (unpaired) electrons. The molecule has 0 aliphatic heterocycles. The zero-order valence-electron chi connectivity index (χ0n) is 11.9. The van der Waals surface area contributed by atoms with Gasteiger partial charge in [0.15, 0.2) is 0 Å². The Morgan fingerprint density at radius 1 is 1.17 bits per heavy atom. The van der Waals surface area contributed by atoms with Gasteiger partial charge in [0.1, 0.15) is 0 Å². The molecule has 0 saturated heterocycles. The van der Waals surface area contributed by atoms with Crippen molar-refractivity contribution in [3.8, 4) is 0 Å². The molecule has 0 amide bonds. The third-order valence-corrected chi connectivity index (χ3v) is 4.85. The summed E-state index contributed by atoms with van der Waals surface area (Å²) >= 11 is 0. The van der Waals surface area contributed by atoms with Crippen LogP contribution in [0.25, 0.3) is 0 Å². The number of primary sulfonamides is 1. The summed E-state index contributed by atoms with van der Waals surface area (Å²) in [5.41, 5.74) is 0.415. The highest BCUT2D eigenvalue weighted by Gasteiger charge is 2.29. The molecule has 1 aliphatic rings. The summed E-state index contributed by atoms with van der Waals surface area (Å²) in [4.78, 5) is 0. The Morgan fingerprint density at radius 2 is 1.72 bits per heavy atom. The standard InChI is InChI=1S/C13H28N2O2S/c1-13(2,3)11-5-7-12(8-6-11)15-9-4-10-18(14,16)17/h11-12,15H,4-10H2,1-3H3,(H2,14,16,17). The molecule has 0 aromatic carbocycles. The maximum Gasteiger partial charge on any atom is 0.209 e. The SMILES string of the molecule is CC(C)(C)C1CCC(NCCCS(N)(=O)=O)CC1. The fourth-order valence-corrected chi connectivity index (χ4v) is 3.29. The molecule has 0 unspecified atom stereocenters. The molecule has 3 N–H and O–H groups in total. The topological polar surface area (TPSA) is 72.2 Å². The van der Waals surface area contributed by atoms with E-state index in [1.54, 1.807) is 0 Å². The molecule has 1 aliphatic carbocycles. The van der Waals surface area contributed by atoms with Gasteiger partial charge in [-0.3, -0.25) is 0 Å². The highest BCUT2D eigenvalue weighted by molar-refractivity contribution is 7.89. The maximum atomic E-state index is 10.8. The van der Waals surface area contributed by atoms with Crippen molar-refractivity contribution in [3.63, 3.8) is 0 Å². The molecule has 18 heavy (non-hydrogen) atoms. The maximum absolute atomic E-state index is 10.8. The van der Waals surface area contributed by atoms with Crippen LogP contribution < -0.4 is 10.5 Å². The Morgan fingerprint density at radius 3 is 2.17 bits per heavy atom. The first-order valence-corrected chi connectivity index (χ1v) is 8.64. The molecule has 0 bridgehead atoms. The predicted octanol–water partition coefficient (Wildman–Crippen LogP) is 1.86. The summed E-state index contributed by atoms with van der Waals surface area (Å²) in [5.74, 6) is 0.900. The van der Waals surface area contributed by atoms with Crippen molar-refractivity contribution in [2.75, 3.05) is 12.3 Å². The lowest BCUT2D eigenvalue weighted by atomic mass is 9.71. The largest absolute Gasteiger partial charge is 0.314 e. The molecular formula is C13H28N2O2S. The van der Waals surface area contributed by atoms with E-state index < -0.39 is 10.0 Å². The highest BCUT2D eigenvalue weighted by atomic mass is 32.2. The zero-order valence-corrected chi connectivity index (χ0v) is 12.7. The molecule has 0 aromatic heterocycles. The van der Waals surface area contributed by atoms with Crippen LogP contribution in [0.1, 0.15) is 52.9 Å². The molecular weight excluding hydrogens is 248 g/mol. The quantitative estimate of drug-likeness (QED) is 0.753. The molecule has 4 nitrogen and oxygen atoms in total. The number of hydrogen-bond donors (Lipinski definition) is 2. The van der Waals surface area contributed by atoms with Crippen molar-refractivity contribution >= 4 is 10.0 Å². The van der Waals surface area contributed by atoms with Crippen LogP contribution in [0.3, 0.4) is 0 Å². The van der Waals surface area contributed by atoms with Crippen molar-refractivity contribution in [1.29, 1.82) is 0 Å². The Balaban J connectivity index is 2.17. The van der Waals surface area contributed by atoms with Crippen molar-refractivity contribution in [3.05, 3.63) is 0 Å². The van der Waals surface area contributed by atoms with Crippen molar-refractivity contribution < 1.29 is 8.42 Å². The van der Waals surface area contributed by atoms with Gasteiger partial charge in [0.2, 0.25) is 10.0 Å². The van der Waals surface area contributed by atoms with Gasteiger partial charge in [0.25, 0.3) is 0 Å². The number of rotatable bonds is 5. The lowest BCUT2D eigenvalue weighted by Gasteiger charge is -2.37. The van der Waals surface area contributed by atoms with Crippen LogP contribution in [0.5, 0.6) is 0 Å². The zero-order chi connectivity index (χ0) is 13.8. The van der Waals surface area contributed by atoms with Gasteiger partial charge in [-0.1, -0.05) is 20.8 Å². The number of nitrogens with one attached hydrogen (secondary N) is 1. The van der Waals surface area contributed by atoms with Gasteiger partial charge in [-0.15, -0.1) is 0 Å². The highest BCUT2D eigenvalue weighted by Crippen LogP contribution is 2.37. The molecule has 5 heteroatoms. The Hall–Kier alpha value is -0.130. The summed E-state index contributed by atoms with van der Waals surface area (Å²) in [6.07, 6.45) is 5.57. The Labute approximate surface area is 112 Å². The molecule has 0 aromatic rings.